The van der Waals surface area contributed by atoms with Crippen molar-refractivity contribution >= 4 is 52.6 Å². The summed E-state index contributed by atoms with van der Waals surface area (Å²) in [5.41, 5.74) is -2.03. The number of allylic oxidation sites excluding steroid dienone is 1. The fourth-order valence-electron chi connectivity index (χ4n) is 6.38. The van der Waals surface area contributed by atoms with E-state index < -0.39 is 65.2 Å². The molecule has 3 heterocycles. The molecule has 16 heteroatoms. The molecule has 1 aromatic carbocycles. The normalized spacial score (nSPS) is 26.9. The van der Waals surface area contributed by atoms with E-state index in [2.05, 4.69) is 15.3 Å². The number of alkyl carbamates (subject to hydrolysis) is 1. The first kappa shape index (κ1) is 35.6. The number of benzene rings is 1. The molecule has 3 N–H and O–H groups in total. The molecule has 2 aliphatic heterocycles. The second kappa shape index (κ2) is 14.1. The number of aliphatic carboxylic acids is 1. The topological polar surface area (TPSA) is 198 Å². The minimum absolute atomic E-state index is 0.0890. The maximum absolute atomic E-state index is 14.3. The molecule has 0 spiro atoms. The lowest BCUT2D eigenvalue weighted by Crippen LogP contribution is -2.59. The number of carboxylic acids is 1. The first-order valence-corrected chi connectivity index (χ1v) is 16.5. The highest BCUT2D eigenvalue weighted by molar-refractivity contribution is 6.31. The molecule has 5 atom stereocenters. The van der Waals surface area contributed by atoms with Gasteiger partial charge in [-0.1, -0.05) is 36.6 Å². The third-order valence-corrected chi connectivity index (χ3v) is 9.04. The molecule has 3 aliphatic rings. The van der Waals surface area contributed by atoms with E-state index in [1.807, 2.05) is 0 Å². The summed E-state index contributed by atoms with van der Waals surface area (Å²) in [6.07, 6.45) is 2.30. The number of carbonyl (C=O) groups excluding carboxylic acids is 3. The number of nitrogens with one attached hydrogen (secondary N) is 1. The number of fused-ring (bicyclic) bond motifs is 3. The molecule has 4 amide bonds. The second-order valence-corrected chi connectivity index (χ2v) is 13.8. The zero-order valence-corrected chi connectivity index (χ0v) is 28.4. The van der Waals surface area contributed by atoms with Gasteiger partial charge in [0.25, 0.3) is 11.8 Å². The fraction of sp³-hybridized carbons (Fsp3) is 0.545. The van der Waals surface area contributed by atoms with Gasteiger partial charge in [-0.15, -0.1) is 0 Å². The van der Waals surface area contributed by atoms with E-state index in [9.17, 15) is 34.2 Å². The Morgan fingerprint density at radius 1 is 1.06 bits per heavy atom. The molecule has 2 fully saturated rings. The van der Waals surface area contributed by atoms with Gasteiger partial charge >= 0.3 is 18.2 Å². The predicted octanol–water partition coefficient (Wildman–Crippen LogP) is 4.40. The van der Waals surface area contributed by atoms with Gasteiger partial charge in [-0.05, 0) is 58.6 Å². The van der Waals surface area contributed by atoms with Crippen molar-refractivity contribution in [2.24, 2.45) is 5.92 Å². The van der Waals surface area contributed by atoms with Crippen molar-refractivity contribution in [1.82, 2.24) is 25.1 Å². The Morgan fingerprint density at radius 2 is 1.82 bits per heavy atom. The van der Waals surface area contributed by atoms with Gasteiger partial charge in [-0.2, -0.15) is 0 Å². The molecule has 1 aliphatic carbocycles. The van der Waals surface area contributed by atoms with E-state index in [0.717, 1.165) is 4.90 Å². The van der Waals surface area contributed by atoms with Crippen LogP contribution in [0.1, 0.15) is 65.7 Å². The molecule has 49 heavy (non-hydrogen) atoms. The van der Waals surface area contributed by atoms with E-state index in [0.29, 0.717) is 47.4 Å². The lowest BCUT2D eigenvalue weighted by Gasteiger charge is -2.33. The van der Waals surface area contributed by atoms with Crippen LogP contribution in [-0.2, 0) is 19.1 Å². The average molecular weight is 702 g/mol. The van der Waals surface area contributed by atoms with Crippen LogP contribution in [0.15, 0.2) is 30.4 Å². The molecule has 5 rings (SSSR count). The van der Waals surface area contributed by atoms with Crippen molar-refractivity contribution in [1.29, 1.82) is 0 Å². The quantitative estimate of drug-likeness (QED) is 0.372. The summed E-state index contributed by atoms with van der Waals surface area (Å²) in [5, 5.41) is 23.1. The van der Waals surface area contributed by atoms with Gasteiger partial charge in [0, 0.05) is 18.4 Å². The van der Waals surface area contributed by atoms with Crippen LogP contribution >= 0.6 is 11.6 Å². The van der Waals surface area contributed by atoms with Crippen LogP contribution in [0.25, 0.3) is 11.0 Å². The number of hydrogen-bond acceptors (Lipinski definition) is 10. The molecule has 0 radical (unpaired) electrons. The Labute approximate surface area is 287 Å². The first-order chi connectivity index (χ1) is 23.1. The number of carbonyl (C=O) groups is 5. The number of imide groups is 1. The van der Waals surface area contributed by atoms with Crippen molar-refractivity contribution < 1.29 is 48.4 Å². The third-order valence-electron chi connectivity index (χ3n) is 8.80. The molecule has 264 valence electrons. The van der Waals surface area contributed by atoms with Crippen molar-refractivity contribution in [2.75, 3.05) is 13.7 Å². The zero-order chi connectivity index (χ0) is 35.7. The van der Waals surface area contributed by atoms with Gasteiger partial charge in [0.05, 0.1) is 24.7 Å². The van der Waals surface area contributed by atoms with Crippen molar-refractivity contribution in [3.8, 4) is 11.6 Å². The Bertz CT molecular complexity index is 1680. The second-order valence-electron chi connectivity index (χ2n) is 13.4. The summed E-state index contributed by atoms with van der Waals surface area (Å²) in [5.74, 6) is -3.57. The zero-order valence-electron chi connectivity index (χ0n) is 27.7. The Kier molecular flexibility index (Phi) is 10.2. The molecule has 2 aromatic rings. The Morgan fingerprint density at radius 3 is 2.49 bits per heavy atom. The molecule has 0 bridgehead atoms. The van der Waals surface area contributed by atoms with Crippen LogP contribution < -0.4 is 14.8 Å². The highest BCUT2D eigenvalue weighted by Gasteiger charge is 2.68. The van der Waals surface area contributed by atoms with Gasteiger partial charge in [-0.25, -0.2) is 29.3 Å². The number of aromatic nitrogens is 2. The summed E-state index contributed by atoms with van der Waals surface area (Å²) in [4.78, 5) is 77.0. The summed E-state index contributed by atoms with van der Waals surface area (Å²) in [6.45, 7) is 4.80. The number of rotatable bonds is 5. The van der Waals surface area contributed by atoms with Crippen LogP contribution in [0, 0.1) is 5.92 Å². The van der Waals surface area contributed by atoms with E-state index in [1.165, 1.54) is 7.11 Å². The maximum atomic E-state index is 14.3. The van der Waals surface area contributed by atoms with Crippen molar-refractivity contribution in [2.45, 2.75) is 95.0 Å². The van der Waals surface area contributed by atoms with E-state index in [4.69, 9.17) is 25.8 Å². The summed E-state index contributed by atoms with van der Waals surface area (Å²) in [6, 6.07) is 2.38. The Balaban J connectivity index is 1.52. The van der Waals surface area contributed by atoms with E-state index in [-0.39, 0.29) is 36.8 Å². The number of carboxylic acid groups (broad SMARTS) is 2. The maximum Gasteiger partial charge on any atom is 0.415 e. The smallest absolute Gasteiger partial charge is 0.415 e. The van der Waals surface area contributed by atoms with Crippen LogP contribution in [-0.4, -0.2) is 103 Å². The van der Waals surface area contributed by atoms with Crippen molar-refractivity contribution in [3.63, 3.8) is 0 Å². The molecule has 1 aromatic heterocycles. The highest BCUT2D eigenvalue weighted by atomic mass is 35.5. The lowest BCUT2D eigenvalue weighted by molar-refractivity contribution is -0.154. The molecule has 0 unspecified atom stereocenters. The van der Waals surface area contributed by atoms with Crippen LogP contribution in [0.5, 0.6) is 11.6 Å². The SMILES string of the molecule is COc1ccc2nc(Cl)c(O[C@@H]3C[C@H]4C(=O)N(C(=O)O)[C@]5(C(=O)O)C[C@H]5/C=C\CCCCC[C@H](NC(=O)OC(C)(C)C)C(=O)N4C3)nc2c1. The number of methoxy groups -OCH3 is 1. The minimum atomic E-state index is -2.03. The molecular formula is C33H40ClN5O10. The standard InChI is InChI=1S/C33H40ClN5O10/c1-32(2,3)49-30(44)37-22-11-9-7-5-6-8-10-18-16-33(18,29(42)43)39(31(45)46)28(41)24-15-20(17-38(24)27(22)40)48-26-25(34)35-21-13-12-19(47-4)14-23(21)36-26/h8,10,12-14,18,20,22,24H,5-7,9,11,15-17H2,1-4H3,(H,37,44)(H,42,43)(H,45,46)/b10-8-/t18-,20-,22+,24+,33-/m1/s1. The molecule has 1 saturated heterocycles. The van der Waals surface area contributed by atoms with E-state index >= 15 is 0 Å². The van der Waals surface area contributed by atoms with Gasteiger partial charge in [0.15, 0.2) is 10.7 Å². The van der Waals surface area contributed by atoms with Crippen molar-refractivity contribution in [3.05, 3.63) is 35.5 Å². The van der Waals surface area contributed by atoms with Crippen LogP contribution in [0.3, 0.4) is 0 Å². The monoisotopic (exact) mass is 701 g/mol. The summed E-state index contributed by atoms with van der Waals surface area (Å²) in [7, 11) is 1.50. The summed E-state index contributed by atoms with van der Waals surface area (Å²) >= 11 is 6.42. The summed E-state index contributed by atoms with van der Waals surface area (Å²) < 4.78 is 16.8. The average Bonchev–Trinajstić information content (AvgIpc) is 3.58. The minimum Gasteiger partial charge on any atom is -0.497 e. The van der Waals surface area contributed by atoms with Gasteiger partial charge in [0.2, 0.25) is 5.91 Å². The third kappa shape index (κ3) is 7.66. The fourth-order valence-corrected chi connectivity index (χ4v) is 6.56. The van der Waals surface area contributed by atoms with Crippen LogP contribution in [0.4, 0.5) is 9.59 Å². The number of nitrogens with zero attached hydrogens (tertiary/aromatic N) is 4. The number of amides is 4. The molecule has 1 saturated carbocycles. The predicted molar refractivity (Wildman–Crippen MR) is 174 cm³/mol. The molecule has 15 nitrogen and oxygen atoms in total. The lowest BCUT2D eigenvalue weighted by atomic mass is 10.0. The number of hydrogen-bond donors (Lipinski definition) is 3. The first-order valence-electron chi connectivity index (χ1n) is 16.1. The van der Waals surface area contributed by atoms with Gasteiger partial charge < -0.3 is 34.6 Å². The molecular weight excluding hydrogens is 662 g/mol. The number of ether oxygens (including phenoxy) is 3. The largest absolute Gasteiger partial charge is 0.497 e. The number of halogens is 1. The highest BCUT2D eigenvalue weighted by Crippen LogP contribution is 2.51. The van der Waals surface area contributed by atoms with E-state index in [1.54, 1.807) is 51.1 Å². The van der Waals surface area contributed by atoms with Gasteiger partial charge in [0.1, 0.15) is 29.5 Å². The van der Waals surface area contributed by atoms with Crippen LogP contribution in [0.2, 0.25) is 5.15 Å². The Hall–Kier alpha value is -4.66. The van der Waals surface area contributed by atoms with Gasteiger partial charge in [-0.3, -0.25) is 9.59 Å².